The third-order valence-corrected chi connectivity index (χ3v) is 5.12. The van der Waals surface area contributed by atoms with Crippen molar-refractivity contribution in [1.82, 2.24) is 0 Å². The predicted molar refractivity (Wildman–Crippen MR) is 75.3 cm³/mol. The van der Waals surface area contributed by atoms with Crippen molar-refractivity contribution >= 4 is 29.4 Å². The van der Waals surface area contributed by atoms with E-state index in [2.05, 4.69) is 0 Å². The second kappa shape index (κ2) is 4.77. The van der Waals surface area contributed by atoms with Crippen LogP contribution in [0, 0.1) is 23.7 Å². The number of carboxylic acids is 2. The van der Waals surface area contributed by atoms with Crippen LogP contribution in [-0.4, -0.2) is 23.8 Å². The summed E-state index contributed by atoms with van der Waals surface area (Å²) in [5.41, 5.74) is -0.921. The van der Waals surface area contributed by atoms with Crippen molar-refractivity contribution in [2.24, 2.45) is 23.7 Å². The van der Waals surface area contributed by atoms with Gasteiger partial charge in [-0.25, -0.2) is 4.90 Å². The van der Waals surface area contributed by atoms with E-state index in [1.54, 1.807) is 0 Å². The molecular weight excluding hydrogens is 314 g/mol. The highest BCUT2D eigenvalue weighted by molar-refractivity contribution is 6.23. The number of fused-ring (bicyclic) bond motifs is 5. The molecule has 1 aromatic carbocycles. The Kier molecular flexibility index (Phi) is 2.90. The molecule has 1 aliphatic heterocycles. The normalized spacial score (nSPS) is 30.1. The number of carbonyl (C=O) groups is 4. The molecule has 7 heteroatoms. The fourth-order valence-electron chi connectivity index (χ4n) is 4.13. The van der Waals surface area contributed by atoms with Crippen LogP contribution in [0.15, 0.2) is 30.4 Å². The van der Waals surface area contributed by atoms with Crippen LogP contribution in [0.2, 0.25) is 0 Å². The lowest BCUT2D eigenvalue weighted by Gasteiger charge is -2.20. The minimum absolute atomic E-state index is 0.00591. The molecule has 1 saturated carbocycles. The lowest BCUT2D eigenvalue weighted by Crippen LogP contribution is -2.34. The third kappa shape index (κ3) is 1.84. The Morgan fingerprint density at radius 1 is 0.875 bits per heavy atom. The monoisotopic (exact) mass is 325 g/mol. The van der Waals surface area contributed by atoms with Gasteiger partial charge in [-0.15, -0.1) is 0 Å². The van der Waals surface area contributed by atoms with Gasteiger partial charge in [-0.1, -0.05) is 12.2 Å². The lowest BCUT2D eigenvalue weighted by atomic mass is 9.85. The van der Waals surface area contributed by atoms with Gasteiger partial charge in [0, 0.05) is 0 Å². The SMILES string of the molecule is O=C([O-])c1cc(C(=O)[O-])cc(N2C(=O)[C@@H]3[C@H](C2=O)[C@@H]2C=C[C@H]3C2)c1. The second-order valence-electron chi connectivity index (χ2n) is 6.36. The van der Waals surface area contributed by atoms with Crippen molar-refractivity contribution in [3.63, 3.8) is 0 Å². The van der Waals surface area contributed by atoms with Gasteiger partial charge in [-0.3, -0.25) is 9.59 Å². The fraction of sp³-hybridized carbons (Fsp3) is 0.294. The molecule has 2 bridgehead atoms. The van der Waals surface area contributed by atoms with E-state index in [1.807, 2.05) is 12.2 Å². The maximum Gasteiger partial charge on any atom is 0.238 e. The van der Waals surface area contributed by atoms with Gasteiger partial charge in [0.15, 0.2) is 0 Å². The van der Waals surface area contributed by atoms with Crippen molar-refractivity contribution in [1.29, 1.82) is 0 Å². The zero-order valence-corrected chi connectivity index (χ0v) is 12.3. The van der Waals surface area contributed by atoms with Gasteiger partial charge < -0.3 is 19.8 Å². The Morgan fingerprint density at radius 2 is 1.33 bits per heavy atom. The molecule has 3 aliphatic rings. The van der Waals surface area contributed by atoms with E-state index in [0.29, 0.717) is 0 Å². The topological polar surface area (TPSA) is 118 Å². The van der Waals surface area contributed by atoms with Crippen LogP contribution in [0.3, 0.4) is 0 Å². The van der Waals surface area contributed by atoms with Gasteiger partial charge in [0.25, 0.3) is 0 Å². The Bertz CT molecular complexity index is 779. The number of carboxylic acid groups (broad SMARTS) is 2. The largest absolute Gasteiger partial charge is 0.545 e. The van der Waals surface area contributed by atoms with Crippen LogP contribution >= 0.6 is 0 Å². The first kappa shape index (κ1) is 14.6. The molecule has 122 valence electrons. The zero-order valence-electron chi connectivity index (χ0n) is 12.3. The van der Waals surface area contributed by atoms with Gasteiger partial charge in [0.05, 0.1) is 29.5 Å². The van der Waals surface area contributed by atoms with Crippen molar-refractivity contribution in [2.75, 3.05) is 4.90 Å². The molecule has 24 heavy (non-hydrogen) atoms. The second-order valence-corrected chi connectivity index (χ2v) is 6.36. The number of aromatic carboxylic acids is 2. The molecule has 0 spiro atoms. The Morgan fingerprint density at radius 3 is 1.75 bits per heavy atom. The molecule has 0 aromatic heterocycles. The molecule has 1 heterocycles. The molecule has 2 aliphatic carbocycles. The number of rotatable bonds is 3. The number of imide groups is 1. The van der Waals surface area contributed by atoms with Gasteiger partial charge in [0.1, 0.15) is 0 Å². The summed E-state index contributed by atoms with van der Waals surface area (Å²) in [6.07, 6.45) is 4.64. The minimum atomic E-state index is -1.60. The molecule has 1 saturated heterocycles. The van der Waals surface area contributed by atoms with E-state index >= 15 is 0 Å². The number of benzene rings is 1. The average molecular weight is 325 g/mol. The number of nitrogens with zero attached hydrogens (tertiary/aromatic N) is 1. The summed E-state index contributed by atoms with van der Waals surface area (Å²) in [6, 6.07) is 3.03. The number of allylic oxidation sites excluding steroid dienone is 2. The smallest absolute Gasteiger partial charge is 0.238 e. The molecule has 2 fully saturated rings. The standard InChI is InChI=1S/C17H13NO6/c19-14-12-7-1-2-8(3-7)13(12)15(20)18(14)11-5-9(16(21)22)4-10(6-11)17(23)24/h1-2,4-8,12-13H,3H2,(H,21,22)(H,23,24)/p-2/t7-,8+,12-,13+. The average Bonchev–Trinajstić information content (AvgIpc) is 3.21. The molecule has 0 radical (unpaired) electrons. The summed E-state index contributed by atoms with van der Waals surface area (Å²) in [4.78, 5) is 48.5. The first-order chi connectivity index (χ1) is 11.4. The number of amides is 2. The first-order valence-corrected chi connectivity index (χ1v) is 7.52. The number of anilines is 1. The van der Waals surface area contributed by atoms with Crippen LogP contribution in [0.25, 0.3) is 0 Å². The molecule has 4 rings (SSSR count). The zero-order chi connectivity index (χ0) is 17.2. The summed E-state index contributed by atoms with van der Waals surface area (Å²) in [6.45, 7) is 0. The van der Waals surface area contributed by atoms with E-state index in [1.165, 1.54) is 0 Å². The van der Waals surface area contributed by atoms with Crippen LogP contribution in [0.5, 0.6) is 0 Å². The Hall–Kier alpha value is -2.96. The van der Waals surface area contributed by atoms with Crippen LogP contribution in [0.4, 0.5) is 5.69 Å². The van der Waals surface area contributed by atoms with Gasteiger partial charge >= 0.3 is 0 Å². The molecule has 0 unspecified atom stereocenters. The van der Waals surface area contributed by atoms with Crippen LogP contribution < -0.4 is 15.1 Å². The molecule has 4 atom stereocenters. The summed E-state index contributed by atoms with van der Waals surface area (Å²) in [7, 11) is 0. The molecular formula is C17H11NO6-2. The van der Waals surface area contributed by atoms with Gasteiger partial charge in [0.2, 0.25) is 11.8 Å². The highest BCUT2D eigenvalue weighted by Crippen LogP contribution is 2.53. The van der Waals surface area contributed by atoms with Crippen molar-refractivity contribution in [3.8, 4) is 0 Å². The summed E-state index contributed by atoms with van der Waals surface area (Å²) >= 11 is 0. The van der Waals surface area contributed by atoms with Crippen molar-refractivity contribution in [3.05, 3.63) is 41.5 Å². The van der Waals surface area contributed by atoms with E-state index in [9.17, 15) is 29.4 Å². The highest BCUT2D eigenvalue weighted by Gasteiger charge is 2.59. The number of hydrogen-bond donors (Lipinski definition) is 0. The Balaban J connectivity index is 1.79. The summed E-state index contributed by atoms with van der Waals surface area (Å²) in [5.74, 6) is -4.92. The van der Waals surface area contributed by atoms with Crippen molar-refractivity contribution in [2.45, 2.75) is 6.42 Å². The molecule has 0 N–H and O–H groups in total. The van der Waals surface area contributed by atoms with Crippen molar-refractivity contribution < 1.29 is 29.4 Å². The van der Waals surface area contributed by atoms with E-state index < -0.39 is 46.7 Å². The lowest BCUT2D eigenvalue weighted by molar-refractivity contribution is -0.255. The van der Waals surface area contributed by atoms with E-state index in [4.69, 9.17) is 0 Å². The van der Waals surface area contributed by atoms with Gasteiger partial charge in [-0.2, -0.15) is 0 Å². The van der Waals surface area contributed by atoms with Crippen LogP contribution in [-0.2, 0) is 9.59 Å². The quantitative estimate of drug-likeness (QED) is 0.505. The number of carbonyl (C=O) groups excluding carboxylic acids is 4. The molecule has 2 amide bonds. The number of hydrogen-bond acceptors (Lipinski definition) is 6. The fourth-order valence-corrected chi connectivity index (χ4v) is 4.13. The summed E-state index contributed by atoms with van der Waals surface area (Å²) < 4.78 is 0. The minimum Gasteiger partial charge on any atom is -0.545 e. The molecule has 1 aromatic rings. The maximum absolute atomic E-state index is 12.7. The first-order valence-electron chi connectivity index (χ1n) is 7.52. The Labute approximate surface area is 136 Å². The maximum atomic E-state index is 12.7. The predicted octanol–water partition coefficient (Wildman–Crippen LogP) is -1.27. The van der Waals surface area contributed by atoms with Crippen LogP contribution in [0.1, 0.15) is 27.1 Å². The highest BCUT2D eigenvalue weighted by atomic mass is 16.4. The van der Waals surface area contributed by atoms with E-state index in [0.717, 1.165) is 29.5 Å². The molecule has 7 nitrogen and oxygen atoms in total. The van der Waals surface area contributed by atoms with E-state index in [-0.39, 0.29) is 17.5 Å². The third-order valence-electron chi connectivity index (χ3n) is 5.12. The van der Waals surface area contributed by atoms with Gasteiger partial charge in [-0.05, 0) is 47.6 Å². The summed E-state index contributed by atoms with van der Waals surface area (Å²) in [5, 5.41) is 22.2.